The number of hydrogen-bond acceptors (Lipinski definition) is 3. The summed E-state index contributed by atoms with van der Waals surface area (Å²) in [7, 11) is 1.89. The summed E-state index contributed by atoms with van der Waals surface area (Å²) in [6.45, 7) is 7.72. The van der Waals surface area contributed by atoms with Crippen molar-refractivity contribution < 1.29 is 9.59 Å². The molecule has 1 fully saturated rings. The van der Waals surface area contributed by atoms with Crippen LogP contribution in [-0.2, 0) is 9.59 Å². The summed E-state index contributed by atoms with van der Waals surface area (Å²) >= 11 is 0. The lowest BCUT2D eigenvalue weighted by Gasteiger charge is -2.35. The van der Waals surface area contributed by atoms with Gasteiger partial charge in [-0.3, -0.25) is 9.59 Å². The minimum absolute atomic E-state index is 0.214. The standard InChI is InChI=1S/C14H27N3O2/c1-12(2)11-14(19)17-9-7-16(8-10-17)13(18)5-4-6-15-3/h12,15H,4-11H2,1-3H3. The van der Waals surface area contributed by atoms with Crippen LogP contribution in [0.3, 0.4) is 0 Å². The molecule has 0 spiro atoms. The van der Waals surface area contributed by atoms with Crippen molar-refractivity contribution in [2.75, 3.05) is 39.8 Å². The van der Waals surface area contributed by atoms with Crippen LogP contribution in [0.1, 0.15) is 33.1 Å². The lowest BCUT2D eigenvalue weighted by Crippen LogP contribution is -2.50. The van der Waals surface area contributed by atoms with Gasteiger partial charge in [-0.2, -0.15) is 0 Å². The van der Waals surface area contributed by atoms with Gasteiger partial charge in [0, 0.05) is 39.0 Å². The lowest BCUT2D eigenvalue weighted by molar-refractivity contribution is -0.140. The fourth-order valence-corrected chi connectivity index (χ4v) is 2.26. The fraction of sp³-hybridized carbons (Fsp3) is 0.857. The first-order valence-corrected chi connectivity index (χ1v) is 7.24. The summed E-state index contributed by atoms with van der Waals surface area (Å²) in [6, 6.07) is 0. The van der Waals surface area contributed by atoms with Crippen molar-refractivity contribution in [1.29, 1.82) is 0 Å². The van der Waals surface area contributed by atoms with Gasteiger partial charge >= 0.3 is 0 Å². The largest absolute Gasteiger partial charge is 0.339 e. The number of amides is 2. The van der Waals surface area contributed by atoms with Crippen LogP contribution >= 0.6 is 0 Å². The highest BCUT2D eigenvalue weighted by atomic mass is 16.2. The Kier molecular flexibility index (Phi) is 6.84. The average molecular weight is 269 g/mol. The molecule has 0 atom stereocenters. The lowest BCUT2D eigenvalue weighted by atomic mass is 10.1. The molecule has 1 saturated heterocycles. The highest BCUT2D eigenvalue weighted by molar-refractivity contribution is 5.78. The molecule has 0 aromatic rings. The second-order valence-corrected chi connectivity index (χ2v) is 5.57. The van der Waals surface area contributed by atoms with Crippen LogP contribution in [0.15, 0.2) is 0 Å². The second kappa shape index (κ2) is 8.15. The molecular weight excluding hydrogens is 242 g/mol. The number of nitrogens with zero attached hydrogens (tertiary/aromatic N) is 2. The van der Waals surface area contributed by atoms with Crippen LogP contribution in [0.5, 0.6) is 0 Å². The molecule has 1 rings (SSSR count). The minimum Gasteiger partial charge on any atom is -0.339 e. The van der Waals surface area contributed by atoms with Gasteiger partial charge in [0.2, 0.25) is 11.8 Å². The molecule has 0 saturated carbocycles. The van der Waals surface area contributed by atoms with E-state index in [0.29, 0.717) is 44.9 Å². The van der Waals surface area contributed by atoms with E-state index in [1.165, 1.54) is 0 Å². The molecule has 0 radical (unpaired) electrons. The molecule has 110 valence electrons. The number of hydrogen-bond donors (Lipinski definition) is 1. The number of carbonyl (C=O) groups is 2. The maximum atomic E-state index is 11.9. The van der Waals surface area contributed by atoms with Crippen molar-refractivity contribution in [3.63, 3.8) is 0 Å². The Hall–Kier alpha value is -1.10. The number of nitrogens with one attached hydrogen (secondary N) is 1. The van der Waals surface area contributed by atoms with Crippen molar-refractivity contribution in [1.82, 2.24) is 15.1 Å². The average Bonchev–Trinajstić information content (AvgIpc) is 2.38. The van der Waals surface area contributed by atoms with E-state index in [-0.39, 0.29) is 11.8 Å². The highest BCUT2D eigenvalue weighted by Gasteiger charge is 2.23. The third-order valence-electron chi connectivity index (χ3n) is 3.39. The van der Waals surface area contributed by atoms with Crippen molar-refractivity contribution in [3.8, 4) is 0 Å². The quantitative estimate of drug-likeness (QED) is 0.722. The van der Waals surface area contributed by atoms with Gasteiger partial charge in [-0.25, -0.2) is 0 Å². The molecule has 0 unspecified atom stereocenters. The molecular formula is C14H27N3O2. The normalized spacial score (nSPS) is 16.0. The Morgan fingerprint density at radius 3 is 2.05 bits per heavy atom. The van der Waals surface area contributed by atoms with Gasteiger partial charge in [0.05, 0.1) is 0 Å². The zero-order valence-corrected chi connectivity index (χ0v) is 12.4. The van der Waals surface area contributed by atoms with E-state index in [4.69, 9.17) is 0 Å². The first-order chi connectivity index (χ1) is 9.04. The molecule has 2 amide bonds. The number of rotatable bonds is 6. The van der Waals surface area contributed by atoms with Crippen LogP contribution in [0.4, 0.5) is 0 Å². The van der Waals surface area contributed by atoms with Gasteiger partial charge in [-0.15, -0.1) is 0 Å². The number of carbonyl (C=O) groups excluding carboxylic acids is 2. The fourth-order valence-electron chi connectivity index (χ4n) is 2.26. The van der Waals surface area contributed by atoms with Crippen molar-refractivity contribution in [2.45, 2.75) is 33.1 Å². The Labute approximate surface area is 116 Å². The van der Waals surface area contributed by atoms with Crippen LogP contribution in [0, 0.1) is 5.92 Å². The maximum Gasteiger partial charge on any atom is 0.222 e. The second-order valence-electron chi connectivity index (χ2n) is 5.57. The van der Waals surface area contributed by atoms with E-state index in [9.17, 15) is 9.59 Å². The SMILES string of the molecule is CNCCCC(=O)N1CCN(C(=O)CC(C)C)CC1. The molecule has 19 heavy (non-hydrogen) atoms. The highest BCUT2D eigenvalue weighted by Crippen LogP contribution is 2.09. The van der Waals surface area contributed by atoms with Gasteiger partial charge in [-0.05, 0) is 25.9 Å². The maximum absolute atomic E-state index is 11.9. The third kappa shape index (κ3) is 5.59. The Morgan fingerprint density at radius 1 is 1.05 bits per heavy atom. The van der Waals surface area contributed by atoms with E-state index in [2.05, 4.69) is 19.2 Å². The zero-order valence-electron chi connectivity index (χ0n) is 12.4. The molecule has 0 aromatic heterocycles. The monoisotopic (exact) mass is 269 g/mol. The van der Waals surface area contributed by atoms with Gasteiger partial charge in [0.1, 0.15) is 0 Å². The molecule has 0 bridgehead atoms. The van der Waals surface area contributed by atoms with E-state index in [0.717, 1.165) is 13.0 Å². The molecule has 0 aliphatic carbocycles. The first kappa shape index (κ1) is 16.0. The van der Waals surface area contributed by atoms with Crippen LogP contribution in [-0.4, -0.2) is 61.4 Å². The Balaban J connectivity index is 2.28. The Morgan fingerprint density at radius 2 is 1.58 bits per heavy atom. The minimum atomic E-state index is 0.214. The summed E-state index contributed by atoms with van der Waals surface area (Å²) in [5, 5.41) is 3.04. The summed E-state index contributed by atoms with van der Waals surface area (Å²) < 4.78 is 0. The van der Waals surface area contributed by atoms with Crippen LogP contribution < -0.4 is 5.32 Å². The summed E-state index contributed by atoms with van der Waals surface area (Å²) in [6.07, 6.45) is 2.08. The van der Waals surface area contributed by atoms with Crippen LogP contribution in [0.2, 0.25) is 0 Å². The van der Waals surface area contributed by atoms with Crippen LogP contribution in [0.25, 0.3) is 0 Å². The molecule has 5 nitrogen and oxygen atoms in total. The van der Waals surface area contributed by atoms with E-state index in [1.54, 1.807) is 0 Å². The van der Waals surface area contributed by atoms with Gasteiger partial charge < -0.3 is 15.1 Å². The molecule has 1 N–H and O–H groups in total. The molecule has 1 aliphatic rings. The van der Waals surface area contributed by atoms with Gasteiger partial charge in [0.15, 0.2) is 0 Å². The molecule has 0 aromatic carbocycles. The van der Waals surface area contributed by atoms with Crippen molar-refractivity contribution in [3.05, 3.63) is 0 Å². The molecule has 5 heteroatoms. The van der Waals surface area contributed by atoms with Crippen molar-refractivity contribution >= 4 is 11.8 Å². The van der Waals surface area contributed by atoms with E-state index < -0.39 is 0 Å². The van der Waals surface area contributed by atoms with E-state index >= 15 is 0 Å². The topological polar surface area (TPSA) is 52.7 Å². The predicted octanol–water partition coefficient (Wildman–Crippen LogP) is 0.703. The smallest absolute Gasteiger partial charge is 0.222 e. The molecule has 1 aliphatic heterocycles. The number of piperazine rings is 1. The zero-order chi connectivity index (χ0) is 14.3. The summed E-state index contributed by atoms with van der Waals surface area (Å²) in [5.41, 5.74) is 0. The Bertz CT molecular complexity index is 297. The predicted molar refractivity (Wildman–Crippen MR) is 75.8 cm³/mol. The first-order valence-electron chi connectivity index (χ1n) is 7.24. The van der Waals surface area contributed by atoms with Gasteiger partial charge in [-0.1, -0.05) is 13.8 Å². The third-order valence-corrected chi connectivity index (χ3v) is 3.39. The van der Waals surface area contributed by atoms with E-state index in [1.807, 2.05) is 16.8 Å². The summed E-state index contributed by atoms with van der Waals surface area (Å²) in [5.74, 6) is 0.831. The summed E-state index contributed by atoms with van der Waals surface area (Å²) in [4.78, 5) is 27.6. The van der Waals surface area contributed by atoms with Crippen molar-refractivity contribution in [2.24, 2.45) is 5.92 Å². The molecule has 1 heterocycles. The van der Waals surface area contributed by atoms with Gasteiger partial charge in [0.25, 0.3) is 0 Å².